The minimum atomic E-state index is 0.788. The highest BCUT2D eigenvalue weighted by Gasteiger charge is 1.96. The van der Waals surface area contributed by atoms with E-state index in [2.05, 4.69) is 5.32 Å². The van der Waals surface area contributed by atoms with E-state index >= 15 is 0 Å². The largest absolute Gasteiger partial charge is 0.497 e. The predicted molar refractivity (Wildman–Crippen MR) is 58.4 cm³/mol. The topological polar surface area (TPSA) is 21.3 Å². The van der Waals surface area contributed by atoms with E-state index in [-0.39, 0.29) is 0 Å². The first kappa shape index (κ1) is 9.99. The second kappa shape index (κ2) is 4.82. The van der Waals surface area contributed by atoms with Gasteiger partial charge in [0, 0.05) is 13.5 Å². The van der Waals surface area contributed by atoms with Crippen molar-refractivity contribution in [2.75, 3.05) is 14.2 Å². The summed E-state index contributed by atoms with van der Waals surface area (Å²) in [7, 11) is 3.50. The standard InChI is InChI=1S/C10H13NOS/c1-11-10(13)7-8-3-5-9(12-2)6-4-8/h3-6H,7H2,1-2H3,(H,11,13). The molecular formula is C10H13NOS. The number of benzene rings is 1. The minimum absolute atomic E-state index is 0.788. The number of hydrogen-bond donors (Lipinski definition) is 1. The molecule has 0 fully saturated rings. The summed E-state index contributed by atoms with van der Waals surface area (Å²) in [5.41, 5.74) is 1.19. The molecule has 0 spiro atoms. The van der Waals surface area contributed by atoms with Crippen LogP contribution in [-0.4, -0.2) is 19.1 Å². The van der Waals surface area contributed by atoms with Crippen molar-refractivity contribution in [2.45, 2.75) is 6.42 Å². The zero-order valence-corrected chi connectivity index (χ0v) is 8.65. The molecule has 0 aliphatic carbocycles. The van der Waals surface area contributed by atoms with E-state index in [4.69, 9.17) is 17.0 Å². The van der Waals surface area contributed by atoms with Gasteiger partial charge < -0.3 is 10.1 Å². The summed E-state index contributed by atoms with van der Waals surface area (Å²) >= 11 is 5.06. The summed E-state index contributed by atoms with van der Waals surface area (Å²) < 4.78 is 5.05. The first-order chi connectivity index (χ1) is 6.26. The molecular weight excluding hydrogens is 182 g/mol. The van der Waals surface area contributed by atoms with E-state index in [0.717, 1.165) is 17.2 Å². The van der Waals surface area contributed by atoms with Gasteiger partial charge in [-0.3, -0.25) is 0 Å². The van der Waals surface area contributed by atoms with E-state index in [9.17, 15) is 0 Å². The van der Waals surface area contributed by atoms with Gasteiger partial charge in [0.25, 0.3) is 0 Å². The molecule has 1 aromatic rings. The minimum Gasteiger partial charge on any atom is -0.497 e. The highest BCUT2D eigenvalue weighted by Crippen LogP contribution is 2.11. The van der Waals surface area contributed by atoms with Crippen LogP contribution in [0.25, 0.3) is 0 Å². The van der Waals surface area contributed by atoms with Gasteiger partial charge in [-0.1, -0.05) is 24.4 Å². The summed E-state index contributed by atoms with van der Waals surface area (Å²) in [6.07, 6.45) is 0.788. The van der Waals surface area contributed by atoms with Crippen molar-refractivity contribution in [3.63, 3.8) is 0 Å². The molecule has 70 valence electrons. The summed E-state index contributed by atoms with van der Waals surface area (Å²) in [6.45, 7) is 0. The normalized spacial score (nSPS) is 9.38. The molecule has 1 aromatic carbocycles. The van der Waals surface area contributed by atoms with Crippen LogP contribution in [0.4, 0.5) is 0 Å². The molecule has 0 saturated heterocycles. The van der Waals surface area contributed by atoms with Crippen LogP contribution in [0.5, 0.6) is 5.75 Å². The number of likely N-dealkylation sites (N-methyl/N-ethyl adjacent to an activating group) is 1. The number of hydrogen-bond acceptors (Lipinski definition) is 2. The van der Waals surface area contributed by atoms with Gasteiger partial charge in [0.2, 0.25) is 0 Å². The molecule has 0 unspecified atom stereocenters. The monoisotopic (exact) mass is 195 g/mol. The van der Waals surface area contributed by atoms with Crippen molar-refractivity contribution >= 4 is 17.2 Å². The third-order valence-corrected chi connectivity index (χ3v) is 2.15. The Bertz CT molecular complexity index is 281. The summed E-state index contributed by atoms with van der Waals surface area (Å²) in [4.78, 5) is 0.852. The van der Waals surface area contributed by atoms with E-state index in [1.807, 2.05) is 31.3 Å². The third kappa shape index (κ3) is 3.03. The van der Waals surface area contributed by atoms with Crippen LogP contribution in [-0.2, 0) is 6.42 Å². The van der Waals surface area contributed by atoms with Crippen LogP contribution < -0.4 is 10.1 Å². The predicted octanol–water partition coefficient (Wildman–Crippen LogP) is 1.78. The Morgan fingerprint density at radius 1 is 1.38 bits per heavy atom. The number of thiocarbonyl (C=S) groups is 1. The maximum absolute atomic E-state index is 5.06. The highest BCUT2D eigenvalue weighted by molar-refractivity contribution is 7.80. The van der Waals surface area contributed by atoms with Gasteiger partial charge in [0.05, 0.1) is 12.1 Å². The van der Waals surface area contributed by atoms with Crippen molar-refractivity contribution in [1.82, 2.24) is 5.32 Å². The van der Waals surface area contributed by atoms with E-state index in [1.165, 1.54) is 5.56 Å². The van der Waals surface area contributed by atoms with Gasteiger partial charge in [-0.25, -0.2) is 0 Å². The summed E-state index contributed by atoms with van der Waals surface area (Å²) in [6, 6.07) is 7.91. The molecule has 0 radical (unpaired) electrons. The van der Waals surface area contributed by atoms with Crippen LogP contribution in [0.15, 0.2) is 24.3 Å². The number of nitrogens with one attached hydrogen (secondary N) is 1. The summed E-state index contributed by atoms with van der Waals surface area (Å²) in [5.74, 6) is 0.874. The van der Waals surface area contributed by atoms with Crippen LogP contribution in [0, 0.1) is 0 Å². The van der Waals surface area contributed by atoms with E-state index in [0.29, 0.717) is 0 Å². The molecule has 1 rings (SSSR count). The molecule has 0 atom stereocenters. The molecule has 2 nitrogen and oxygen atoms in total. The fourth-order valence-electron chi connectivity index (χ4n) is 1.02. The average Bonchev–Trinajstić information content (AvgIpc) is 2.19. The van der Waals surface area contributed by atoms with Crippen molar-refractivity contribution in [3.05, 3.63) is 29.8 Å². The lowest BCUT2D eigenvalue weighted by atomic mass is 10.1. The zero-order chi connectivity index (χ0) is 9.68. The Morgan fingerprint density at radius 2 is 2.00 bits per heavy atom. The molecule has 1 N–H and O–H groups in total. The number of ether oxygens (including phenoxy) is 1. The van der Waals surface area contributed by atoms with Crippen molar-refractivity contribution in [1.29, 1.82) is 0 Å². The first-order valence-electron chi connectivity index (χ1n) is 4.09. The Kier molecular flexibility index (Phi) is 3.71. The van der Waals surface area contributed by atoms with Crippen LogP contribution in [0.2, 0.25) is 0 Å². The smallest absolute Gasteiger partial charge is 0.118 e. The lowest BCUT2D eigenvalue weighted by Crippen LogP contribution is -2.17. The Morgan fingerprint density at radius 3 is 2.46 bits per heavy atom. The number of methoxy groups -OCH3 is 1. The lowest BCUT2D eigenvalue weighted by Gasteiger charge is -2.04. The van der Waals surface area contributed by atoms with Gasteiger partial charge in [0.15, 0.2) is 0 Å². The van der Waals surface area contributed by atoms with E-state index in [1.54, 1.807) is 7.11 Å². The number of rotatable bonds is 3. The maximum Gasteiger partial charge on any atom is 0.118 e. The van der Waals surface area contributed by atoms with Crippen LogP contribution >= 0.6 is 12.2 Å². The molecule has 0 aliphatic rings. The average molecular weight is 195 g/mol. The second-order valence-electron chi connectivity index (χ2n) is 2.70. The zero-order valence-electron chi connectivity index (χ0n) is 7.83. The molecule has 0 saturated carbocycles. The Balaban J connectivity index is 2.64. The Hall–Kier alpha value is -1.09. The van der Waals surface area contributed by atoms with Gasteiger partial charge in [-0.2, -0.15) is 0 Å². The fraction of sp³-hybridized carbons (Fsp3) is 0.300. The first-order valence-corrected chi connectivity index (χ1v) is 4.50. The second-order valence-corrected chi connectivity index (χ2v) is 3.19. The van der Waals surface area contributed by atoms with Crippen LogP contribution in [0.1, 0.15) is 5.56 Å². The molecule has 3 heteroatoms. The molecule has 0 aromatic heterocycles. The van der Waals surface area contributed by atoms with Gasteiger partial charge in [-0.05, 0) is 17.7 Å². The fourth-order valence-corrected chi connectivity index (χ4v) is 1.18. The lowest BCUT2D eigenvalue weighted by molar-refractivity contribution is 0.414. The molecule has 0 bridgehead atoms. The molecule has 0 amide bonds. The van der Waals surface area contributed by atoms with Crippen LogP contribution in [0.3, 0.4) is 0 Å². The van der Waals surface area contributed by atoms with Crippen molar-refractivity contribution < 1.29 is 4.74 Å². The molecule has 0 heterocycles. The Labute approximate surface area is 83.9 Å². The SMILES string of the molecule is CNC(=S)Cc1ccc(OC)cc1. The summed E-state index contributed by atoms with van der Waals surface area (Å²) in [5, 5.41) is 2.94. The van der Waals surface area contributed by atoms with E-state index < -0.39 is 0 Å². The third-order valence-electron chi connectivity index (χ3n) is 1.80. The van der Waals surface area contributed by atoms with Crippen molar-refractivity contribution in [2.24, 2.45) is 0 Å². The maximum atomic E-state index is 5.06. The van der Waals surface area contributed by atoms with Crippen molar-refractivity contribution in [3.8, 4) is 5.75 Å². The van der Waals surface area contributed by atoms with Gasteiger partial charge in [0.1, 0.15) is 5.75 Å². The van der Waals surface area contributed by atoms with Gasteiger partial charge >= 0.3 is 0 Å². The highest BCUT2D eigenvalue weighted by atomic mass is 32.1. The molecule has 0 aliphatic heterocycles. The molecule has 13 heavy (non-hydrogen) atoms. The van der Waals surface area contributed by atoms with Gasteiger partial charge in [-0.15, -0.1) is 0 Å². The quantitative estimate of drug-likeness (QED) is 0.743.